The van der Waals surface area contributed by atoms with E-state index in [2.05, 4.69) is 13.8 Å². The van der Waals surface area contributed by atoms with Gasteiger partial charge in [0, 0.05) is 22.6 Å². The molecule has 3 rings (SSSR count). The third-order valence-electron chi connectivity index (χ3n) is 6.91. The van der Waals surface area contributed by atoms with Gasteiger partial charge in [0.15, 0.2) is 0 Å². The maximum absolute atomic E-state index is 12.1. The molecular formula is C20H28O6. The zero-order valence-corrected chi connectivity index (χ0v) is 16.0. The minimum absolute atomic E-state index is 0.139. The zero-order chi connectivity index (χ0) is 19.4. The third kappa shape index (κ3) is 2.62. The van der Waals surface area contributed by atoms with Crippen LogP contribution in [-0.2, 0) is 19.1 Å². The molecule has 1 aliphatic heterocycles. The van der Waals surface area contributed by atoms with Crippen molar-refractivity contribution in [2.45, 2.75) is 71.9 Å². The van der Waals surface area contributed by atoms with Crippen LogP contribution in [0.2, 0.25) is 0 Å². The molecule has 2 saturated carbocycles. The number of esters is 2. The Morgan fingerprint density at radius 1 is 1.38 bits per heavy atom. The van der Waals surface area contributed by atoms with Gasteiger partial charge in [0.1, 0.15) is 12.2 Å². The standard InChI is InChI=1S/C20H28O6/c1-6-10(2)17(22)25-13-7-11(3)19(5)9-15-12(4)18(23)26-20(15,24)16(21)14(19)8-13/h6,11,13-14,16,21,24H,7-9H2,1-5H3. The first-order chi connectivity index (χ1) is 12.0. The number of fused-ring (bicyclic) bond motifs is 2. The third-order valence-corrected chi connectivity index (χ3v) is 6.91. The van der Waals surface area contributed by atoms with Gasteiger partial charge >= 0.3 is 11.9 Å². The summed E-state index contributed by atoms with van der Waals surface area (Å²) >= 11 is 0. The fraction of sp³-hybridized carbons (Fsp3) is 0.700. The molecule has 26 heavy (non-hydrogen) atoms. The summed E-state index contributed by atoms with van der Waals surface area (Å²) in [6.07, 6.45) is 1.71. The number of ether oxygens (including phenoxy) is 2. The van der Waals surface area contributed by atoms with Crippen molar-refractivity contribution in [3.8, 4) is 0 Å². The van der Waals surface area contributed by atoms with Crippen molar-refractivity contribution in [3.63, 3.8) is 0 Å². The molecule has 0 amide bonds. The molecule has 144 valence electrons. The van der Waals surface area contributed by atoms with Crippen LogP contribution in [0.4, 0.5) is 0 Å². The van der Waals surface area contributed by atoms with Crippen molar-refractivity contribution in [3.05, 3.63) is 22.8 Å². The average molecular weight is 364 g/mol. The monoisotopic (exact) mass is 364 g/mol. The summed E-state index contributed by atoms with van der Waals surface area (Å²) in [5, 5.41) is 21.8. The highest BCUT2D eigenvalue weighted by molar-refractivity contribution is 5.92. The summed E-state index contributed by atoms with van der Waals surface area (Å²) in [5.74, 6) is -3.11. The van der Waals surface area contributed by atoms with Crippen molar-refractivity contribution >= 4 is 11.9 Å². The van der Waals surface area contributed by atoms with Crippen molar-refractivity contribution in [1.82, 2.24) is 0 Å². The van der Waals surface area contributed by atoms with Crippen LogP contribution >= 0.6 is 0 Å². The maximum atomic E-state index is 12.1. The Kier molecular flexibility index (Phi) is 4.56. The van der Waals surface area contributed by atoms with E-state index in [0.717, 1.165) is 0 Å². The van der Waals surface area contributed by atoms with Crippen LogP contribution in [-0.4, -0.2) is 40.1 Å². The van der Waals surface area contributed by atoms with Crippen molar-refractivity contribution < 1.29 is 29.3 Å². The largest absolute Gasteiger partial charge is 0.459 e. The number of carbonyl (C=O) groups excluding carboxylic acids is 2. The van der Waals surface area contributed by atoms with E-state index in [1.165, 1.54) is 0 Å². The Labute approximate surface area is 153 Å². The summed E-state index contributed by atoms with van der Waals surface area (Å²) < 4.78 is 10.8. The second kappa shape index (κ2) is 6.20. The number of allylic oxidation sites excluding steroid dienone is 1. The van der Waals surface area contributed by atoms with E-state index in [9.17, 15) is 19.8 Å². The first-order valence-corrected chi connectivity index (χ1v) is 9.22. The van der Waals surface area contributed by atoms with Gasteiger partial charge in [-0.2, -0.15) is 0 Å². The molecule has 0 aromatic heterocycles. The van der Waals surface area contributed by atoms with Crippen LogP contribution in [0.3, 0.4) is 0 Å². The van der Waals surface area contributed by atoms with Crippen molar-refractivity contribution in [2.75, 3.05) is 0 Å². The first-order valence-electron chi connectivity index (χ1n) is 9.22. The number of hydrogen-bond acceptors (Lipinski definition) is 6. The fourth-order valence-corrected chi connectivity index (χ4v) is 4.75. The topological polar surface area (TPSA) is 93.1 Å². The van der Waals surface area contributed by atoms with E-state index in [-0.39, 0.29) is 29.3 Å². The highest BCUT2D eigenvalue weighted by Gasteiger charge is 2.64. The lowest BCUT2D eigenvalue weighted by molar-refractivity contribution is -0.260. The Morgan fingerprint density at radius 3 is 2.65 bits per heavy atom. The second-order valence-corrected chi connectivity index (χ2v) is 8.29. The molecule has 0 aromatic rings. The van der Waals surface area contributed by atoms with E-state index in [4.69, 9.17) is 9.47 Å². The average Bonchev–Trinajstić information content (AvgIpc) is 2.80. The van der Waals surface area contributed by atoms with Gasteiger partial charge in [0.25, 0.3) is 5.79 Å². The Bertz CT molecular complexity index is 707. The number of aliphatic hydroxyl groups is 2. The smallest absolute Gasteiger partial charge is 0.336 e. The molecule has 3 aliphatic rings. The van der Waals surface area contributed by atoms with E-state index in [0.29, 0.717) is 36.0 Å². The molecule has 6 atom stereocenters. The highest BCUT2D eigenvalue weighted by Crippen LogP contribution is 2.59. The van der Waals surface area contributed by atoms with Gasteiger partial charge in [0.2, 0.25) is 0 Å². The summed E-state index contributed by atoms with van der Waals surface area (Å²) in [4.78, 5) is 24.1. The minimum atomic E-state index is -1.96. The summed E-state index contributed by atoms with van der Waals surface area (Å²) in [5.41, 5.74) is 1.10. The van der Waals surface area contributed by atoms with Gasteiger partial charge in [0.05, 0.1) is 0 Å². The molecule has 6 nitrogen and oxygen atoms in total. The molecule has 0 aromatic carbocycles. The maximum Gasteiger partial charge on any atom is 0.336 e. The van der Waals surface area contributed by atoms with Crippen LogP contribution in [0.15, 0.2) is 22.8 Å². The van der Waals surface area contributed by atoms with Crippen LogP contribution in [0.1, 0.15) is 53.9 Å². The van der Waals surface area contributed by atoms with E-state index >= 15 is 0 Å². The fourth-order valence-electron chi connectivity index (χ4n) is 4.75. The zero-order valence-electron chi connectivity index (χ0n) is 16.0. The van der Waals surface area contributed by atoms with Gasteiger partial charge in [-0.3, -0.25) is 0 Å². The Balaban J connectivity index is 1.90. The van der Waals surface area contributed by atoms with Gasteiger partial charge in [-0.15, -0.1) is 0 Å². The van der Waals surface area contributed by atoms with Gasteiger partial charge in [-0.25, -0.2) is 9.59 Å². The molecule has 0 bridgehead atoms. The van der Waals surface area contributed by atoms with Gasteiger partial charge in [-0.1, -0.05) is 19.9 Å². The Morgan fingerprint density at radius 2 is 2.04 bits per heavy atom. The quantitative estimate of drug-likeness (QED) is 0.577. The van der Waals surface area contributed by atoms with Crippen molar-refractivity contribution in [1.29, 1.82) is 0 Å². The lowest BCUT2D eigenvalue weighted by Gasteiger charge is -2.56. The highest BCUT2D eigenvalue weighted by atomic mass is 16.7. The van der Waals surface area contributed by atoms with Crippen molar-refractivity contribution in [2.24, 2.45) is 17.3 Å². The lowest BCUT2D eigenvalue weighted by Crippen LogP contribution is -2.61. The molecule has 6 unspecified atom stereocenters. The van der Waals surface area contributed by atoms with Gasteiger partial charge in [-0.05, 0) is 51.4 Å². The molecule has 0 saturated heterocycles. The lowest BCUT2D eigenvalue weighted by atomic mass is 9.52. The predicted octanol–water partition coefficient (Wildman–Crippen LogP) is 2.24. The van der Waals surface area contributed by atoms with Crippen LogP contribution in [0, 0.1) is 17.3 Å². The molecular weight excluding hydrogens is 336 g/mol. The van der Waals surface area contributed by atoms with E-state index in [1.54, 1.807) is 26.8 Å². The Hall–Kier alpha value is -1.66. The molecule has 0 spiro atoms. The predicted molar refractivity (Wildman–Crippen MR) is 93.7 cm³/mol. The van der Waals surface area contributed by atoms with Gasteiger partial charge < -0.3 is 19.7 Å². The molecule has 0 radical (unpaired) electrons. The van der Waals surface area contributed by atoms with E-state index < -0.39 is 17.9 Å². The summed E-state index contributed by atoms with van der Waals surface area (Å²) in [7, 11) is 0. The van der Waals surface area contributed by atoms with Crippen LogP contribution in [0.5, 0.6) is 0 Å². The SMILES string of the molecule is CC=C(C)C(=O)OC1CC(C)C2(C)CC3=C(C)C(=O)OC3(O)C(O)C2C1. The molecule has 2 aliphatic carbocycles. The molecule has 6 heteroatoms. The minimum Gasteiger partial charge on any atom is -0.459 e. The number of hydrogen-bond donors (Lipinski definition) is 2. The second-order valence-electron chi connectivity index (χ2n) is 8.29. The molecule has 2 fully saturated rings. The number of aliphatic hydroxyl groups excluding tert-OH is 1. The van der Waals surface area contributed by atoms with Crippen LogP contribution < -0.4 is 0 Å². The number of rotatable bonds is 2. The molecule has 1 heterocycles. The molecule has 2 N–H and O–H groups in total. The first kappa shape index (κ1) is 19.1. The van der Waals surface area contributed by atoms with Crippen LogP contribution in [0.25, 0.3) is 0 Å². The van der Waals surface area contributed by atoms with E-state index in [1.807, 2.05) is 0 Å². The summed E-state index contributed by atoms with van der Waals surface area (Å²) in [6.45, 7) is 9.25. The number of carbonyl (C=O) groups is 2. The summed E-state index contributed by atoms with van der Waals surface area (Å²) in [6, 6.07) is 0. The normalized spacial score (nSPS) is 42.9.